The van der Waals surface area contributed by atoms with Crippen molar-refractivity contribution < 1.29 is 14.3 Å². The third kappa shape index (κ3) is 4.38. The summed E-state index contributed by atoms with van der Waals surface area (Å²) in [5.74, 6) is -0.114. The van der Waals surface area contributed by atoms with E-state index in [4.69, 9.17) is 9.84 Å². The van der Waals surface area contributed by atoms with Crippen LogP contribution in [-0.2, 0) is 17.6 Å². The number of carbonyl (C=O) groups is 2. The van der Waals surface area contributed by atoms with Crippen LogP contribution in [0.5, 0.6) is 0 Å². The lowest BCUT2D eigenvalue weighted by Crippen LogP contribution is -2.46. The largest absolute Gasteiger partial charge is 0.450 e. The van der Waals surface area contributed by atoms with E-state index in [1.807, 2.05) is 28.9 Å². The molecule has 0 unspecified atom stereocenters. The molecule has 7 nitrogen and oxygen atoms in total. The maximum atomic E-state index is 13.1. The first kappa shape index (κ1) is 20.9. The van der Waals surface area contributed by atoms with Crippen LogP contribution >= 0.6 is 15.9 Å². The van der Waals surface area contributed by atoms with E-state index in [1.54, 1.807) is 11.8 Å². The van der Waals surface area contributed by atoms with Crippen molar-refractivity contribution in [2.24, 2.45) is 0 Å². The highest BCUT2D eigenvalue weighted by atomic mass is 79.9. The Hall–Kier alpha value is -2.35. The fourth-order valence-electron chi connectivity index (χ4n) is 4.28. The second-order valence-corrected chi connectivity index (χ2v) is 8.72. The molecule has 0 saturated carbocycles. The van der Waals surface area contributed by atoms with Crippen molar-refractivity contribution in [1.29, 1.82) is 0 Å². The number of fused-ring (bicyclic) bond motifs is 1. The molecule has 2 aliphatic rings. The van der Waals surface area contributed by atoms with Crippen LogP contribution in [-0.4, -0.2) is 52.4 Å². The molecule has 2 aromatic rings. The van der Waals surface area contributed by atoms with Crippen LogP contribution in [0.15, 0.2) is 28.7 Å². The molecule has 1 N–H and O–H groups in total. The normalized spacial score (nSPS) is 16.8. The van der Waals surface area contributed by atoms with Crippen molar-refractivity contribution in [3.05, 3.63) is 45.7 Å². The number of carbonyl (C=O) groups excluding carboxylic acids is 2. The fraction of sp³-hybridized carbons (Fsp3) is 0.500. The van der Waals surface area contributed by atoms with Gasteiger partial charge in [-0.3, -0.25) is 4.79 Å². The Morgan fingerprint density at radius 1 is 1.23 bits per heavy atom. The van der Waals surface area contributed by atoms with E-state index in [0.717, 1.165) is 59.9 Å². The van der Waals surface area contributed by atoms with Crippen molar-refractivity contribution in [1.82, 2.24) is 20.0 Å². The minimum absolute atomic E-state index is 0.0402. The van der Waals surface area contributed by atoms with Gasteiger partial charge in [0.25, 0.3) is 5.91 Å². The molecule has 1 aromatic heterocycles. The summed E-state index contributed by atoms with van der Waals surface area (Å²) in [4.78, 5) is 26.7. The molecule has 0 spiro atoms. The maximum absolute atomic E-state index is 13.1. The molecule has 1 saturated heterocycles. The fourth-order valence-corrected chi connectivity index (χ4v) is 4.66. The quantitative estimate of drug-likeness (QED) is 0.729. The zero-order valence-electron chi connectivity index (χ0n) is 17.2. The monoisotopic (exact) mass is 474 g/mol. The summed E-state index contributed by atoms with van der Waals surface area (Å²) in [5, 5.41) is 7.89. The third-order valence-corrected chi connectivity index (χ3v) is 6.30. The Bertz CT molecular complexity index is 934. The molecule has 8 heteroatoms. The SMILES string of the molecule is CCOC(=O)N1CCC(NC(=O)c2nn(-c3cccc(Br)c3)c3c2CCCC3)CC1. The zero-order chi connectivity index (χ0) is 21.1. The second-order valence-electron chi connectivity index (χ2n) is 7.81. The minimum atomic E-state index is -0.274. The van der Waals surface area contributed by atoms with E-state index in [1.165, 1.54) is 0 Å². The molecule has 1 fully saturated rings. The summed E-state index contributed by atoms with van der Waals surface area (Å²) in [5.41, 5.74) is 3.71. The lowest BCUT2D eigenvalue weighted by atomic mass is 9.95. The topological polar surface area (TPSA) is 76.5 Å². The Morgan fingerprint density at radius 3 is 2.73 bits per heavy atom. The van der Waals surface area contributed by atoms with E-state index in [2.05, 4.69) is 21.2 Å². The van der Waals surface area contributed by atoms with Crippen LogP contribution in [0.3, 0.4) is 0 Å². The van der Waals surface area contributed by atoms with Gasteiger partial charge in [-0.15, -0.1) is 0 Å². The minimum Gasteiger partial charge on any atom is -0.450 e. The van der Waals surface area contributed by atoms with Crippen LogP contribution in [0.4, 0.5) is 4.79 Å². The van der Waals surface area contributed by atoms with Crippen LogP contribution in [0.2, 0.25) is 0 Å². The number of likely N-dealkylation sites (tertiary alicyclic amines) is 1. The highest BCUT2D eigenvalue weighted by Gasteiger charge is 2.29. The van der Waals surface area contributed by atoms with Gasteiger partial charge < -0.3 is 15.0 Å². The molecule has 160 valence electrons. The van der Waals surface area contributed by atoms with Gasteiger partial charge >= 0.3 is 6.09 Å². The van der Waals surface area contributed by atoms with Crippen LogP contribution < -0.4 is 5.32 Å². The molecule has 4 rings (SSSR count). The molecule has 2 amide bonds. The van der Waals surface area contributed by atoms with Crippen molar-refractivity contribution in [2.45, 2.75) is 51.5 Å². The van der Waals surface area contributed by atoms with Gasteiger partial charge in [0.2, 0.25) is 0 Å². The average molecular weight is 475 g/mol. The lowest BCUT2D eigenvalue weighted by Gasteiger charge is -2.31. The summed E-state index contributed by atoms with van der Waals surface area (Å²) in [6.45, 7) is 3.36. The van der Waals surface area contributed by atoms with Gasteiger partial charge in [0.05, 0.1) is 12.3 Å². The van der Waals surface area contributed by atoms with Crippen molar-refractivity contribution in [3.63, 3.8) is 0 Å². The number of amides is 2. The molecule has 2 heterocycles. The van der Waals surface area contributed by atoms with E-state index >= 15 is 0 Å². The molecule has 30 heavy (non-hydrogen) atoms. The molecular formula is C22H27BrN4O3. The van der Waals surface area contributed by atoms with Gasteiger partial charge in [-0.1, -0.05) is 22.0 Å². The van der Waals surface area contributed by atoms with E-state index in [9.17, 15) is 9.59 Å². The number of ether oxygens (including phenoxy) is 1. The number of aromatic nitrogens is 2. The van der Waals surface area contributed by atoms with E-state index in [-0.39, 0.29) is 18.0 Å². The molecule has 0 atom stereocenters. The number of hydrogen-bond donors (Lipinski definition) is 1. The highest BCUT2D eigenvalue weighted by molar-refractivity contribution is 9.10. The number of piperidine rings is 1. The summed E-state index contributed by atoms with van der Waals surface area (Å²) >= 11 is 3.52. The van der Waals surface area contributed by atoms with Crippen LogP contribution in [0, 0.1) is 0 Å². The molecular weight excluding hydrogens is 448 g/mol. The second kappa shape index (κ2) is 9.20. The number of benzene rings is 1. The van der Waals surface area contributed by atoms with Gasteiger partial charge in [-0.25, -0.2) is 9.48 Å². The summed E-state index contributed by atoms with van der Waals surface area (Å²) in [6, 6.07) is 8.04. The Morgan fingerprint density at radius 2 is 2.00 bits per heavy atom. The number of nitrogens with one attached hydrogen (secondary N) is 1. The summed E-state index contributed by atoms with van der Waals surface area (Å²) in [7, 11) is 0. The third-order valence-electron chi connectivity index (χ3n) is 5.80. The Kier molecular flexibility index (Phi) is 6.41. The molecule has 0 radical (unpaired) electrons. The Balaban J connectivity index is 1.49. The van der Waals surface area contributed by atoms with E-state index in [0.29, 0.717) is 25.4 Å². The number of rotatable bonds is 4. The van der Waals surface area contributed by atoms with Crippen molar-refractivity contribution in [3.8, 4) is 5.69 Å². The molecule has 0 bridgehead atoms. The average Bonchev–Trinajstić information content (AvgIpc) is 3.14. The maximum Gasteiger partial charge on any atom is 0.409 e. The van der Waals surface area contributed by atoms with Gasteiger partial charge in [-0.05, 0) is 63.6 Å². The highest BCUT2D eigenvalue weighted by Crippen LogP contribution is 2.28. The predicted molar refractivity (Wildman–Crippen MR) is 117 cm³/mol. The summed E-state index contributed by atoms with van der Waals surface area (Å²) < 4.78 is 7.98. The van der Waals surface area contributed by atoms with Gasteiger partial charge in [-0.2, -0.15) is 5.10 Å². The number of halogens is 1. The smallest absolute Gasteiger partial charge is 0.409 e. The van der Waals surface area contributed by atoms with Gasteiger partial charge in [0, 0.05) is 34.9 Å². The van der Waals surface area contributed by atoms with Crippen LogP contribution in [0.1, 0.15) is 54.4 Å². The number of nitrogens with zero attached hydrogens (tertiary/aromatic N) is 3. The molecule has 1 aliphatic heterocycles. The first-order valence-corrected chi connectivity index (χ1v) is 11.5. The first-order valence-electron chi connectivity index (χ1n) is 10.7. The van der Waals surface area contributed by atoms with Gasteiger partial charge in [0.1, 0.15) is 0 Å². The van der Waals surface area contributed by atoms with Crippen molar-refractivity contribution in [2.75, 3.05) is 19.7 Å². The van der Waals surface area contributed by atoms with E-state index < -0.39 is 0 Å². The summed E-state index contributed by atoms with van der Waals surface area (Å²) in [6.07, 6.45) is 5.17. The lowest BCUT2D eigenvalue weighted by molar-refractivity contribution is 0.0855. The molecule has 1 aromatic carbocycles. The Labute approximate surface area is 184 Å². The zero-order valence-corrected chi connectivity index (χ0v) is 18.8. The number of hydrogen-bond acceptors (Lipinski definition) is 4. The van der Waals surface area contributed by atoms with Crippen molar-refractivity contribution >= 4 is 27.9 Å². The van der Waals surface area contributed by atoms with Crippen LogP contribution in [0.25, 0.3) is 5.69 Å². The van der Waals surface area contributed by atoms with Gasteiger partial charge in [0.15, 0.2) is 5.69 Å². The standard InChI is InChI=1S/C22H27BrN4O3/c1-2-30-22(29)26-12-10-16(11-13-26)24-21(28)20-18-8-3-4-9-19(18)27(25-20)17-7-5-6-15(23)14-17/h5-7,14,16H,2-4,8-13H2,1H3,(H,24,28). The molecule has 1 aliphatic carbocycles. The predicted octanol–water partition coefficient (Wildman–Crippen LogP) is 3.86. The first-order chi connectivity index (χ1) is 14.6.